The van der Waals surface area contributed by atoms with E-state index in [-0.39, 0.29) is 12.7 Å². The van der Waals surface area contributed by atoms with Crippen molar-refractivity contribution in [3.05, 3.63) is 53.3 Å². The molecule has 6 heteroatoms. The Morgan fingerprint density at radius 2 is 2.04 bits per heavy atom. The van der Waals surface area contributed by atoms with Crippen LogP contribution < -0.4 is 14.8 Å². The lowest BCUT2D eigenvalue weighted by atomic mass is 10.1. The molecule has 1 aliphatic rings. The minimum absolute atomic E-state index is 0.147. The van der Waals surface area contributed by atoms with E-state index in [0.29, 0.717) is 29.5 Å². The highest BCUT2D eigenvalue weighted by Gasteiger charge is 2.16. The quantitative estimate of drug-likeness (QED) is 0.765. The zero-order chi connectivity index (χ0) is 17.4. The lowest BCUT2D eigenvalue weighted by molar-refractivity contribution is 0.0950. The van der Waals surface area contributed by atoms with Crippen LogP contribution in [0.5, 0.6) is 11.5 Å². The van der Waals surface area contributed by atoms with Crippen LogP contribution >= 0.6 is 0 Å². The van der Waals surface area contributed by atoms with Gasteiger partial charge in [-0.25, -0.2) is 4.98 Å². The van der Waals surface area contributed by atoms with E-state index in [1.54, 1.807) is 18.2 Å². The molecule has 0 radical (unpaired) electrons. The van der Waals surface area contributed by atoms with Gasteiger partial charge in [0.15, 0.2) is 11.5 Å². The second-order valence-corrected chi connectivity index (χ2v) is 6.38. The van der Waals surface area contributed by atoms with Crippen molar-refractivity contribution in [3.63, 3.8) is 0 Å². The lowest BCUT2D eigenvalue weighted by Gasteiger charge is -2.06. The highest BCUT2D eigenvalue weighted by Crippen LogP contribution is 2.32. The molecular weight excluding hydrogens is 318 g/mol. The number of carbonyl (C=O) groups excluding carboxylic acids is 1. The third-order valence-corrected chi connectivity index (χ3v) is 4.20. The van der Waals surface area contributed by atoms with Crippen molar-refractivity contribution < 1.29 is 14.3 Å². The number of amides is 1. The summed E-state index contributed by atoms with van der Waals surface area (Å²) in [5, 5.41) is 2.93. The molecule has 2 N–H and O–H groups in total. The van der Waals surface area contributed by atoms with Crippen LogP contribution in [0.25, 0.3) is 11.0 Å². The molecule has 4 rings (SSSR count). The van der Waals surface area contributed by atoms with Crippen LogP contribution in [0.2, 0.25) is 0 Å². The molecule has 0 fully saturated rings. The van der Waals surface area contributed by atoms with Crippen molar-refractivity contribution in [2.45, 2.75) is 26.3 Å². The standard InChI is InChI=1S/C19H19N3O3/c1-11(2)18-21-14-5-3-12(7-15(14)22-18)9-20-19(23)13-4-6-16-17(8-13)25-10-24-16/h3-8,11H,9-10H2,1-2H3,(H,20,23)(H,21,22). The third kappa shape index (κ3) is 3.03. The first-order valence-corrected chi connectivity index (χ1v) is 8.26. The van der Waals surface area contributed by atoms with Crippen LogP contribution in [-0.4, -0.2) is 22.7 Å². The SMILES string of the molecule is CC(C)c1nc2ccc(CNC(=O)c3ccc4c(c3)OCO4)cc2[nH]1. The van der Waals surface area contributed by atoms with Crippen LogP contribution in [0.4, 0.5) is 0 Å². The number of ether oxygens (including phenoxy) is 2. The van der Waals surface area contributed by atoms with Crippen molar-refractivity contribution in [2.75, 3.05) is 6.79 Å². The summed E-state index contributed by atoms with van der Waals surface area (Å²) in [5.74, 6) is 2.44. The molecule has 0 atom stereocenters. The third-order valence-electron chi connectivity index (χ3n) is 4.20. The fourth-order valence-corrected chi connectivity index (χ4v) is 2.78. The summed E-state index contributed by atoms with van der Waals surface area (Å²) in [7, 11) is 0. The van der Waals surface area contributed by atoms with E-state index >= 15 is 0 Å². The molecular formula is C19H19N3O3. The Labute approximate surface area is 145 Å². The van der Waals surface area contributed by atoms with E-state index in [4.69, 9.17) is 9.47 Å². The second kappa shape index (κ2) is 6.12. The lowest BCUT2D eigenvalue weighted by Crippen LogP contribution is -2.22. The van der Waals surface area contributed by atoms with Crippen molar-refractivity contribution in [3.8, 4) is 11.5 Å². The molecule has 0 bridgehead atoms. The number of imidazole rings is 1. The maximum Gasteiger partial charge on any atom is 0.251 e. The Hall–Kier alpha value is -3.02. The van der Waals surface area contributed by atoms with Gasteiger partial charge < -0.3 is 19.8 Å². The number of hydrogen-bond donors (Lipinski definition) is 2. The number of benzene rings is 2. The van der Waals surface area contributed by atoms with Gasteiger partial charge >= 0.3 is 0 Å². The van der Waals surface area contributed by atoms with Gasteiger partial charge in [0.25, 0.3) is 5.91 Å². The first kappa shape index (κ1) is 15.5. The minimum Gasteiger partial charge on any atom is -0.454 e. The minimum atomic E-state index is -0.147. The number of H-pyrrole nitrogens is 1. The summed E-state index contributed by atoms with van der Waals surface area (Å²) in [6, 6.07) is 11.2. The molecule has 0 saturated carbocycles. The number of aromatic nitrogens is 2. The van der Waals surface area contributed by atoms with Crippen molar-refractivity contribution in [2.24, 2.45) is 0 Å². The maximum atomic E-state index is 12.3. The maximum absolute atomic E-state index is 12.3. The number of carbonyl (C=O) groups is 1. The summed E-state index contributed by atoms with van der Waals surface area (Å²) >= 11 is 0. The second-order valence-electron chi connectivity index (χ2n) is 6.38. The van der Waals surface area contributed by atoms with Gasteiger partial charge in [0.2, 0.25) is 6.79 Å². The Bertz CT molecular complexity index is 946. The molecule has 3 aromatic rings. The predicted octanol–water partition coefficient (Wildman–Crippen LogP) is 3.35. The van der Waals surface area contributed by atoms with E-state index in [9.17, 15) is 4.79 Å². The molecule has 2 heterocycles. The Morgan fingerprint density at radius 1 is 1.20 bits per heavy atom. The monoisotopic (exact) mass is 337 g/mol. The molecule has 6 nitrogen and oxygen atoms in total. The molecule has 0 saturated heterocycles. The summed E-state index contributed by atoms with van der Waals surface area (Å²) in [6.45, 7) is 4.84. The van der Waals surface area contributed by atoms with Gasteiger partial charge in [-0.05, 0) is 35.9 Å². The number of fused-ring (bicyclic) bond motifs is 2. The average molecular weight is 337 g/mol. The molecule has 1 amide bonds. The molecule has 0 spiro atoms. The van der Waals surface area contributed by atoms with Crippen LogP contribution in [0.1, 0.15) is 41.5 Å². The van der Waals surface area contributed by atoms with E-state index in [1.807, 2.05) is 18.2 Å². The Kier molecular flexibility index (Phi) is 3.80. The molecule has 1 aromatic heterocycles. The summed E-state index contributed by atoms with van der Waals surface area (Å²) in [6.07, 6.45) is 0. The largest absolute Gasteiger partial charge is 0.454 e. The van der Waals surface area contributed by atoms with E-state index in [1.165, 1.54) is 0 Å². The fraction of sp³-hybridized carbons (Fsp3) is 0.263. The van der Waals surface area contributed by atoms with E-state index < -0.39 is 0 Å². The zero-order valence-corrected chi connectivity index (χ0v) is 14.1. The molecule has 0 aliphatic carbocycles. The van der Waals surface area contributed by atoms with Crippen LogP contribution in [-0.2, 0) is 6.54 Å². The highest BCUT2D eigenvalue weighted by atomic mass is 16.7. The van der Waals surface area contributed by atoms with Crippen molar-refractivity contribution in [1.29, 1.82) is 0 Å². The van der Waals surface area contributed by atoms with E-state index in [2.05, 4.69) is 29.1 Å². The van der Waals surface area contributed by atoms with Gasteiger partial charge in [-0.3, -0.25) is 4.79 Å². The summed E-state index contributed by atoms with van der Waals surface area (Å²) in [5.41, 5.74) is 3.49. The Morgan fingerprint density at radius 3 is 2.88 bits per heavy atom. The van der Waals surface area contributed by atoms with Crippen molar-refractivity contribution >= 4 is 16.9 Å². The number of nitrogens with zero attached hydrogens (tertiary/aromatic N) is 1. The first-order chi connectivity index (χ1) is 12.1. The number of hydrogen-bond acceptors (Lipinski definition) is 4. The Balaban J connectivity index is 1.47. The van der Waals surface area contributed by atoms with Crippen LogP contribution in [0.3, 0.4) is 0 Å². The van der Waals surface area contributed by atoms with Gasteiger partial charge in [-0.2, -0.15) is 0 Å². The summed E-state index contributed by atoms with van der Waals surface area (Å²) < 4.78 is 10.6. The molecule has 2 aromatic carbocycles. The number of rotatable bonds is 4. The van der Waals surface area contributed by atoms with Gasteiger partial charge in [0.1, 0.15) is 5.82 Å². The number of nitrogens with one attached hydrogen (secondary N) is 2. The van der Waals surface area contributed by atoms with Crippen LogP contribution in [0, 0.1) is 0 Å². The fourth-order valence-electron chi connectivity index (χ4n) is 2.78. The number of aromatic amines is 1. The molecule has 25 heavy (non-hydrogen) atoms. The van der Waals surface area contributed by atoms with Crippen LogP contribution in [0.15, 0.2) is 36.4 Å². The zero-order valence-electron chi connectivity index (χ0n) is 14.1. The molecule has 1 aliphatic heterocycles. The van der Waals surface area contributed by atoms with E-state index in [0.717, 1.165) is 22.4 Å². The molecule has 128 valence electrons. The van der Waals surface area contributed by atoms with Gasteiger partial charge in [-0.1, -0.05) is 19.9 Å². The van der Waals surface area contributed by atoms with Gasteiger partial charge in [-0.15, -0.1) is 0 Å². The highest BCUT2D eigenvalue weighted by molar-refractivity contribution is 5.95. The predicted molar refractivity (Wildman–Crippen MR) is 93.9 cm³/mol. The van der Waals surface area contributed by atoms with Crippen molar-refractivity contribution in [1.82, 2.24) is 15.3 Å². The summed E-state index contributed by atoms with van der Waals surface area (Å²) in [4.78, 5) is 20.2. The topological polar surface area (TPSA) is 76.2 Å². The van der Waals surface area contributed by atoms with Gasteiger partial charge in [0, 0.05) is 18.0 Å². The normalized spacial score (nSPS) is 12.8. The molecule has 0 unspecified atom stereocenters. The average Bonchev–Trinajstić information content (AvgIpc) is 3.24. The smallest absolute Gasteiger partial charge is 0.251 e. The first-order valence-electron chi connectivity index (χ1n) is 8.26. The van der Waals surface area contributed by atoms with Gasteiger partial charge in [0.05, 0.1) is 11.0 Å².